The minimum atomic E-state index is -0.479. The molecule has 1 rings (SSSR count). The van der Waals surface area contributed by atoms with Crippen LogP contribution >= 0.6 is 0 Å². The first-order valence-corrected chi connectivity index (χ1v) is 3.67. The molecule has 0 spiro atoms. The molecule has 11 heavy (non-hydrogen) atoms. The quantitative estimate of drug-likeness (QED) is 0.698. The molecule has 1 aromatic rings. The van der Waals surface area contributed by atoms with Crippen molar-refractivity contribution in [1.82, 2.24) is 10.1 Å². The van der Waals surface area contributed by atoms with E-state index in [1.165, 1.54) is 0 Å². The number of nitrogens with zero attached hydrogens (tertiary/aromatic N) is 1. The summed E-state index contributed by atoms with van der Waals surface area (Å²) in [5.74, 6) is 0.842. The van der Waals surface area contributed by atoms with Crippen LogP contribution in [0.1, 0.15) is 32.5 Å². The molecule has 1 heterocycles. The maximum Gasteiger partial charge on any atom is 0.438 e. The van der Waals surface area contributed by atoms with Gasteiger partial charge < -0.3 is 0 Å². The van der Waals surface area contributed by atoms with Gasteiger partial charge in [0.05, 0.1) is 0 Å². The molecule has 0 aromatic carbocycles. The molecule has 0 amide bonds. The molecule has 0 fully saturated rings. The maximum absolute atomic E-state index is 10.5. The van der Waals surface area contributed by atoms with Crippen LogP contribution in [-0.4, -0.2) is 10.1 Å². The van der Waals surface area contributed by atoms with Crippen LogP contribution in [0.15, 0.2) is 9.32 Å². The van der Waals surface area contributed by atoms with Crippen LogP contribution in [0.4, 0.5) is 0 Å². The standard InChI is InChI=1S/C7H12N2O2/c1-4(2)5(3)6-8-7(10)11-9-6/h4-5H,1-3H3,(H,8,9,10)/t5-/m0/s1. The normalized spacial score (nSPS) is 13.8. The molecular weight excluding hydrogens is 144 g/mol. The minimum absolute atomic E-state index is 0.237. The van der Waals surface area contributed by atoms with Crippen LogP contribution in [0.2, 0.25) is 0 Å². The predicted octanol–water partition coefficient (Wildman–Crippen LogP) is 1.12. The lowest BCUT2D eigenvalue weighted by Crippen LogP contribution is -2.06. The molecule has 1 aromatic heterocycles. The third-order valence-corrected chi connectivity index (χ3v) is 1.89. The van der Waals surface area contributed by atoms with Crippen LogP contribution < -0.4 is 5.76 Å². The second kappa shape index (κ2) is 2.90. The van der Waals surface area contributed by atoms with Gasteiger partial charge in [-0.25, -0.2) is 4.79 Å². The molecule has 0 saturated heterocycles. The van der Waals surface area contributed by atoms with E-state index >= 15 is 0 Å². The smallest absolute Gasteiger partial charge is 0.296 e. The SMILES string of the molecule is CC(C)[C@H](C)c1noc(=O)[nH]1. The van der Waals surface area contributed by atoms with Crippen molar-refractivity contribution < 1.29 is 4.52 Å². The molecule has 0 aliphatic rings. The summed E-state index contributed by atoms with van der Waals surface area (Å²) in [6.45, 7) is 6.13. The molecule has 0 bridgehead atoms. The van der Waals surface area contributed by atoms with E-state index in [-0.39, 0.29) is 5.92 Å². The van der Waals surface area contributed by atoms with E-state index in [1.807, 2.05) is 6.92 Å². The second-order valence-electron chi connectivity index (χ2n) is 3.01. The number of aromatic nitrogens is 2. The summed E-state index contributed by atoms with van der Waals surface area (Å²) >= 11 is 0. The fourth-order valence-corrected chi connectivity index (χ4v) is 0.754. The van der Waals surface area contributed by atoms with Crippen molar-refractivity contribution in [1.29, 1.82) is 0 Å². The van der Waals surface area contributed by atoms with Crippen LogP contribution in [0.5, 0.6) is 0 Å². The van der Waals surface area contributed by atoms with Gasteiger partial charge in [0.15, 0.2) is 5.82 Å². The Morgan fingerprint density at radius 1 is 1.45 bits per heavy atom. The second-order valence-corrected chi connectivity index (χ2v) is 3.01. The van der Waals surface area contributed by atoms with Gasteiger partial charge >= 0.3 is 5.76 Å². The maximum atomic E-state index is 10.5. The van der Waals surface area contributed by atoms with Crippen LogP contribution in [-0.2, 0) is 0 Å². The number of aromatic amines is 1. The van der Waals surface area contributed by atoms with Gasteiger partial charge in [-0.1, -0.05) is 25.9 Å². The fraction of sp³-hybridized carbons (Fsp3) is 0.714. The lowest BCUT2D eigenvalue weighted by atomic mass is 9.98. The largest absolute Gasteiger partial charge is 0.438 e. The lowest BCUT2D eigenvalue weighted by molar-refractivity contribution is 0.371. The zero-order chi connectivity index (χ0) is 8.43. The molecule has 1 atom stereocenters. The summed E-state index contributed by atoms with van der Waals surface area (Å²) in [6.07, 6.45) is 0. The van der Waals surface area contributed by atoms with Crippen LogP contribution in [0.3, 0.4) is 0 Å². The highest BCUT2D eigenvalue weighted by atomic mass is 16.5. The van der Waals surface area contributed by atoms with Gasteiger partial charge in [-0.2, -0.15) is 0 Å². The van der Waals surface area contributed by atoms with Gasteiger partial charge in [0, 0.05) is 5.92 Å². The Morgan fingerprint density at radius 3 is 2.45 bits per heavy atom. The highest BCUT2D eigenvalue weighted by Crippen LogP contribution is 2.18. The number of hydrogen-bond acceptors (Lipinski definition) is 3. The Kier molecular flexibility index (Phi) is 2.12. The van der Waals surface area contributed by atoms with Crippen molar-refractivity contribution in [3.8, 4) is 0 Å². The average molecular weight is 156 g/mol. The Bertz CT molecular complexity index is 274. The molecule has 0 saturated carbocycles. The molecule has 0 radical (unpaired) electrons. The Hall–Kier alpha value is -1.06. The average Bonchev–Trinajstić information content (AvgIpc) is 2.34. The number of H-pyrrole nitrogens is 1. The number of nitrogens with one attached hydrogen (secondary N) is 1. The zero-order valence-electron chi connectivity index (χ0n) is 6.92. The molecule has 4 heteroatoms. The summed E-state index contributed by atoms with van der Waals surface area (Å²) in [4.78, 5) is 13.1. The van der Waals surface area contributed by atoms with Gasteiger partial charge in [-0.05, 0) is 5.92 Å². The molecule has 0 unspecified atom stereocenters. The third-order valence-electron chi connectivity index (χ3n) is 1.89. The molecule has 1 N–H and O–H groups in total. The molecular formula is C7H12N2O2. The Balaban J connectivity index is 2.84. The molecule has 0 aliphatic heterocycles. The van der Waals surface area contributed by atoms with Crippen molar-refractivity contribution in [2.24, 2.45) is 5.92 Å². The van der Waals surface area contributed by atoms with E-state index < -0.39 is 5.76 Å². The van der Waals surface area contributed by atoms with E-state index in [4.69, 9.17) is 0 Å². The molecule has 4 nitrogen and oxygen atoms in total. The summed E-state index contributed by atoms with van der Waals surface area (Å²) < 4.78 is 4.37. The summed E-state index contributed by atoms with van der Waals surface area (Å²) in [5, 5.41) is 3.59. The van der Waals surface area contributed by atoms with E-state index in [0.29, 0.717) is 11.7 Å². The fourth-order valence-electron chi connectivity index (χ4n) is 0.754. The van der Waals surface area contributed by atoms with E-state index in [1.54, 1.807) is 0 Å². The van der Waals surface area contributed by atoms with Crippen molar-refractivity contribution in [2.75, 3.05) is 0 Å². The van der Waals surface area contributed by atoms with Gasteiger partial charge in [0.1, 0.15) is 0 Å². The Labute approximate surface area is 64.6 Å². The van der Waals surface area contributed by atoms with E-state index in [0.717, 1.165) is 0 Å². The number of hydrogen-bond donors (Lipinski definition) is 1. The lowest BCUT2D eigenvalue weighted by Gasteiger charge is -2.09. The van der Waals surface area contributed by atoms with Gasteiger partial charge in [-0.3, -0.25) is 9.51 Å². The van der Waals surface area contributed by atoms with E-state index in [9.17, 15) is 4.79 Å². The van der Waals surface area contributed by atoms with E-state index in [2.05, 4.69) is 28.5 Å². The van der Waals surface area contributed by atoms with Crippen molar-refractivity contribution in [3.05, 3.63) is 16.4 Å². The van der Waals surface area contributed by atoms with Crippen molar-refractivity contribution in [2.45, 2.75) is 26.7 Å². The van der Waals surface area contributed by atoms with Crippen molar-refractivity contribution in [3.63, 3.8) is 0 Å². The summed E-state index contributed by atoms with van der Waals surface area (Å²) in [7, 11) is 0. The Morgan fingerprint density at radius 2 is 2.09 bits per heavy atom. The zero-order valence-corrected chi connectivity index (χ0v) is 6.92. The minimum Gasteiger partial charge on any atom is -0.296 e. The van der Waals surface area contributed by atoms with Crippen LogP contribution in [0, 0.1) is 5.92 Å². The monoisotopic (exact) mass is 156 g/mol. The predicted molar refractivity (Wildman–Crippen MR) is 40.4 cm³/mol. The van der Waals surface area contributed by atoms with Crippen molar-refractivity contribution >= 4 is 0 Å². The van der Waals surface area contributed by atoms with Gasteiger partial charge in [0.2, 0.25) is 0 Å². The topological polar surface area (TPSA) is 58.9 Å². The third kappa shape index (κ3) is 1.69. The van der Waals surface area contributed by atoms with Crippen LogP contribution in [0.25, 0.3) is 0 Å². The molecule has 0 aliphatic carbocycles. The highest BCUT2D eigenvalue weighted by Gasteiger charge is 2.13. The van der Waals surface area contributed by atoms with Gasteiger partial charge in [0.25, 0.3) is 0 Å². The first kappa shape index (κ1) is 8.04. The summed E-state index contributed by atoms with van der Waals surface area (Å²) in [6, 6.07) is 0. The first-order valence-electron chi connectivity index (χ1n) is 3.67. The van der Waals surface area contributed by atoms with Gasteiger partial charge in [-0.15, -0.1) is 0 Å². The first-order chi connectivity index (χ1) is 5.11. The molecule has 62 valence electrons. The highest BCUT2D eigenvalue weighted by molar-refractivity contribution is 4.90. The number of rotatable bonds is 2. The summed E-state index contributed by atoms with van der Waals surface area (Å²) in [5.41, 5.74) is 0.